The van der Waals surface area contributed by atoms with Crippen LogP contribution in [-0.4, -0.2) is 33.4 Å². The molecule has 1 heterocycles. The van der Waals surface area contributed by atoms with E-state index in [0.29, 0.717) is 23.3 Å². The topological polar surface area (TPSA) is 72.3 Å². The summed E-state index contributed by atoms with van der Waals surface area (Å²) in [5.41, 5.74) is 1.19. The van der Waals surface area contributed by atoms with E-state index in [-0.39, 0.29) is 5.56 Å². The fraction of sp³-hybridized carbons (Fsp3) is 0.214. The summed E-state index contributed by atoms with van der Waals surface area (Å²) in [6.07, 6.45) is 3.52. The number of hydrogen-bond acceptors (Lipinski definition) is 5. The molecule has 0 aliphatic carbocycles. The van der Waals surface area contributed by atoms with Crippen molar-refractivity contribution in [3.8, 4) is 5.75 Å². The summed E-state index contributed by atoms with van der Waals surface area (Å²) in [6, 6.07) is 6.59. The van der Waals surface area contributed by atoms with E-state index in [9.17, 15) is 4.79 Å². The number of aromatic nitrogens is 2. The lowest BCUT2D eigenvalue weighted by Gasteiger charge is -2.08. The van der Waals surface area contributed by atoms with Gasteiger partial charge >= 0.3 is 5.97 Å². The second kappa shape index (κ2) is 6.91. The maximum Gasteiger partial charge on any atom is 0.339 e. The Morgan fingerprint density at radius 1 is 1.30 bits per heavy atom. The second-order valence-electron chi connectivity index (χ2n) is 4.04. The zero-order valence-electron chi connectivity index (χ0n) is 10.9. The van der Waals surface area contributed by atoms with Crippen LogP contribution < -0.4 is 4.74 Å². The van der Waals surface area contributed by atoms with Gasteiger partial charge in [-0.1, -0.05) is 23.9 Å². The molecule has 0 saturated heterocycles. The van der Waals surface area contributed by atoms with E-state index in [1.165, 1.54) is 17.8 Å². The van der Waals surface area contributed by atoms with Crippen LogP contribution in [0.3, 0.4) is 0 Å². The molecule has 104 valence electrons. The molecule has 0 fully saturated rings. The molecule has 0 saturated carbocycles. The predicted octanol–water partition coefficient (Wildman–Crippen LogP) is 2.65. The van der Waals surface area contributed by atoms with Gasteiger partial charge in [0.05, 0.1) is 6.61 Å². The number of hydrogen-bond donors (Lipinski definition) is 1. The number of para-hydroxylation sites is 1. The molecule has 1 N–H and O–H groups in total. The van der Waals surface area contributed by atoms with Gasteiger partial charge in [0, 0.05) is 18.1 Å². The number of thioether (sulfide) groups is 1. The Morgan fingerprint density at radius 3 is 2.70 bits per heavy atom. The third-order valence-electron chi connectivity index (χ3n) is 2.45. The Hall–Kier alpha value is -2.08. The fourth-order valence-corrected chi connectivity index (χ4v) is 2.11. The standard InChI is InChI=1S/C14H14N2O3S/c1-10-8-15-14(16-9-10)20-7-6-19-12-5-3-2-4-11(12)13(17)18/h2-5,8-9H,6-7H2,1H3,(H,17,18). The first-order valence-electron chi connectivity index (χ1n) is 6.03. The molecule has 0 aliphatic heterocycles. The average Bonchev–Trinajstić information content (AvgIpc) is 2.46. The minimum atomic E-state index is -0.991. The van der Waals surface area contributed by atoms with E-state index in [4.69, 9.17) is 9.84 Å². The second-order valence-corrected chi connectivity index (χ2v) is 5.10. The number of benzene rings is 1. The molecule has 2 aromatic rings. The molecule has 20 heavy (non-hydrogen) atoms. The van der Waals surface area contributed by atoms with Crippen LogP contribution in [-0.2, 0) is 0 Å². The quantitative estimate of drug-likeness (QED) is 0.501. The highest BCUT2D eigenvalue weighted by Crippen LogP contribution is 2.19. The van der Waals surface area contributed by atoms with Crippen molar-refractivity contribution in [3.05, 3.63) is 47.8 Å². The van der Waals surface area contributed by atoms with Crippen LogP contribution in [0.15, 0.2) is 41.8 Å². The van der Waals surface area contributed by atoms with Crippen LogP contribution in [0.25, 0.3) is 0 Å². The monoisotopic (exact) mass is 290 g/mol. The van der Waals surface area contributed by atoms with Gasteiger partial charge in [0.1, 0.15) is 11.3 Å². The van der Waals surface area contributed by atoms with Crippen LogP contribution in [0.4, 0.5) is 0 Å². The third kappa shape index (κ3) is 3.96. The van der Waals surface area contributed by atoms with Gasteiger partial charge in [0.25, 0.3) is 0 Å². The van der Waals surface area contributed by atoms with Crippen molar-refractivity contribution in [2.75, 3.05) is 12.4 Å². The summed E-state index contributed by atoms with van der Waals surface area (Å²) in [6.45, 7) is 2.33. The third-order valence-corrected chi connectivity index (χ3v) is 3.29. The highest BCUT2D eigenvalue weighted by Gasteiger charge is 2.09. The van der Waals surface area contributed by atoms with Crippen molar-refractivity contribution in [2.45, 2.75) is 12.1 Å². The molecule has 0 amide bonds. The van der Waals surface area contributed by atoms with Crippen LogP contribution in [0.1, 0.15) is 15.9 Å². The molecular weight excluding hydrogens is 276 g/mol. The first kappa shape index (κ1) is 14.3. The van der Waals surface area contributed by atoms with Crippen LogP contribution in [0, 0.1) is 6.92 Å². The molecule has 1 aromatic heterocycles. The van der Waals surface area contributed by atoms with E-state index in [0.717, 1.165) is 5.56 Å². The SMILES string of the molecule is Cc1cnc(SCCOc2ccccc2C(=O)O)nc1. The van der Waals surface area contributed by atoms with Gasteiger partial charge in [-0.3, -0.25) is 0 Å². The van der Waals surface area contributed by atoms with Gasteiger partial charge in [-0.25, -0.2) is 14.8 Å². The van der Waals surface area contributed by atoms with E-state index >= 15 is 0 Å². The molecule has 6 heteroatoms. The Bertz CT molecular complexity index is 587. The Labute approximate surface area is 121 Å². The minimum absolute atomic E-state index is 0.170. The van der Waals surface area contributed by atoms with Crippen molar-refractivity contribution in [1.82, 2.24) is 9.97 Å². The van der Waals surface area contributed by atoms with Crippen molar-refractivity contribution in [3.63, 3.8) is 0 Å². The number of carboxylic acids is 1. The molecule has 5 nitrogen and oxygen atoms in total. The Morgan fingerprint density at radius 2 is 2.00 bits per heavy atom. The maximum absolute atomic E-state index is 11.0. The summed E-state index contributed by atoms with van der Waals surface area (Å²) < 4.78 is 5.49. The first-order valence-corrected chi connectivity index (χ1v) is 7.02. The van der Waals surface area contributed by atoms with E-state index < -0.39 is 5.97 Å². The van der Waals surface area contributed by atoms with Crippen LogP contribution in [0.2, 0.25) is 0 Å². The molecule has 0 radical (unpaired) electrons. The van der Waals surface area contributed by atoms with Gasteiger partial charge in [-0.05, 0) is 24.6 Å². The lowest BCUT2D eigenvalue weighted by atomic mass is 10.2. The highest BCUT2D eigenvalue weighted by atomic mass is 32.2. The Kier molecular flexibility index (Phi) is 4.95. The molecule has 0 spiro atoms. The van der Waals surface area contributed by atoms with Crippen LogP contribution in [0.5, 0.6) is 5.75 Å². The van der Waals surface area contributed by atoms with Crippen molar-refractivity contribution in [1.29, 1.82) is 0 Å². The maximum atomic E-state index is 11.0. The number of carbonyl (C=O) groups is 1. The number of rotatable bonds is 6. The molecule has 0 unspecified atom stereocenters. The predicted molar refractivity (Wildman–Crippen MR) is 76.4 cm³/mol. The summed E-state index contributed by atoms with van der Waals surface area (Å²) in [7, 11) is 0. The fourth-order valence-electron chi connectivity index (χ4n) is 1.51. The molecule has 2 rings (SSSR count). The number of aromatic carboxylic acids is 1. The summed E-state index contributed by atoms with van der Waals surface area (Å²) in [5.74, 6) is 0.0392. The Balaban J connectivity index is 1.84. The summed E-state index contributed by atoms with van der Waals surface area (Å²) >= 11 is 1.47. The highest BCUT2D eigenvalue weighted by molar-refractivity contribution is 7.99. The minimum Gasteiger partial charge on any atom is -0.492 e. The zero-order chi connectivity index (χ0) is 14.4. The van der Waals surface area contributed by atoms with Gasteiger partial charge < -0.3 is 9.84 Å². The van der Waals surface area contributed by atoms with Crippen LogP contribution >= 0.6 is 11.8 Å². The van der Waals surface area contributed by atoms with Gasteiger partial charge in [0.2, 0.25) is 0 Å². The van der Waals surface area contributed by atoms with Crippen molar-refractivity contribution < 1.29 is 14.6 Å². The zero-order valence-corrected chi connectivity index (χ0v) is 11.8. The largest absolute Gasteiger partial charge is 0.492 e. The lowest BCUT2D eigenvalue weighted by Crippen LogP contribution is -2.06. The summed E-state index contributed by atoms with van der Waals surface area (Å²) in [5, 5.41) is 9.71. The molecule has 1 aromatic carbocycles. The average molecular weight is 290 g/mol. The van der Waals surface area contributed by atoms with Crippen molar-refractivity contribution >= 4 is 17.7 Å². The normalized spacial score (nSPS) is 10.2. The molecular formula is C14H14N2O3S. The molecule has 0 bridgehead atoms. The smallest absolute Gasteiger partial charge is 0.339 e. The number of aryl methyl sites for hydroxylation is 1. The van der Waals surface area contributed by atoms with E-state index in [1.807, 2.05) is 6.92 Å². The number of ether oxygens (including phenoxy) is 1. The lowest BCUT2D eigenvalue weighted by molar-refractivity contribution is 0.0692. The number of nitrogens with zero attached hydrogens (tertiary/aromatic N) is 2. The molecule has 0 aliphatic rings. The van der Waals surface area contributed by atoms with Gasteiger partial charge in [-0.2, -0.15) is 0 Å². The molecule has 0 atom stereocenters. The van der Waals surface area contributed by atoms with E-state index in [2.05, 4.69) is 9.97 Å². The summed E-state index contributed by atoms with van der Waals surface area (Å²) in [4.78, 5) is 19.3. The van der Waals surface area contributed by atoms with E-state index in [1.54, 1.807) is 30.6 Å². The van der Waals surface area contributed by atoms with Gasteiger partial charge in [-0.15, -0.1) is 0 Å². The van der Waals surface area contributed by atoms with Crippen molar-refractivity contribution in [2.24, 2.45) is 0 Å². The number of carboxylic acid groups (broad SMARTS) is 1. The van der Waals surface area contributed by atoms with Gasteiger partial charge in [0.15, 0.2) is 5.16 Å². The first-order chi connectivity index (χ1) is 9.66.